The Balaban J connectivity index is 1.20. The Bertz CT molecular complexity index is 2770. The van der Waals surface area contributed by atoms with Gasteiger partial charge in [0.15, 0.2) is 5.82 Å². The molecule has 1 aliphatic heterocycles. The third-order valence-electron chi connectivity index (χ3n) is 11.1. The molecule has 0 bridgehead atoms. The second-order valence-electron chi connectivity index (χ2n) is 13.7. The van der Waals surface area contributed by atoms with Gasteiger partial charge in [-0.05, 0) is 64.1 Å². The van der Waals surface area contributed by atoms with Crippen molar-refractivity contribution in [3.8, 4) is 39.6 Å². The lowest BCUT2D eigenvalue weighted by Gasteiger charge is -2.45. The summed E-state index contributed by atoms with van der Waals surface area (Å²) in [5.41, 5.74) is 16.2. The van der Waals surface area contributed by atoms with Crippen molar-refractivity contribution in [3.05, 3.63) is 209 Å². The fraction of sp³-hybridized carbons (Fsp3) is 0.0417. The SMILES string of the molecule is c1ccc(-c2cc(-c3ccccc3)nc(-c3ccc4c(c3)Cc3ccccc3C43c4ccccc4-n4c5ccccc5c5cccc3c54)n2)cc1. The summed E-state index contributed by atoms with van der Waals surface area (Å²) < 4.78 is 2.50. The van der Waals surface area contributed by atoms with Crippen LogP contribution in [0.15, 0.2) is 176 Å². The van der Waals surface area contributed by atoms with Gasteiger partial charge >= 0.3 is 0 Å². The summed E-state index contributed by atoms with van der Waals surface area (Å²) in [5.74, 6) is 0.734. The van der Waals surface area contributed by atoms with Crippen molar-refractivity contribution in [3.63, 3.8) is 0 Å². The molecule has 1 atom stereocenters. The van der Waals surface area contributed by atoms with E-state index < -0.39 is 5.41 Å². The monoisotopic (exact) mass is 649 g/mol. The first-order valence-electron chi connectivity index (χ1n) is 17.6. The van der Waals surface area contributed by atoms with Crippen LogP contribution in [0.3, 0.4) is 0 Å². The maximum absolute atomic E-state index is 5.20. The van der Waals surface area contributed by atoms with Crippen LogP contribution in [-0.4, -0.2) is 14.5 Å². The second kappa shape index (κ2) is 10.7. The second-order valence-corrected chi connectivity index (χ2v) is 13.7. The average Bonchev–Trinajstić information content (AvgIpc) is 3.55. The highest BCUT2D eigenvalue weighted by Gasteiger charge is 2.48. The molecule has 1 spiro atoms. The van der Waals surface area contributed by atoms with Crippen molar-refractivity contribution in [1.82, 2.24) is 14.5 Å². The summed E-state index contributed by atoms with van der Waals surface area (Å²) in [6.45, 7) is 0. The van der Waals surface area contributed by atoms with Gasteiger partial charge in [0.1, 0.15) is 0 Å². The zero-order valence-corrected chi connectivity index (χ0v) is 27.8. The molecule has 2 aromatic heterocycles. The topological polar surface area (TPSA) is 30.7 Å². The molecule has 1 unspecified atom stereocenters. The molecule has 51 heavy (non-hydrogen) atoms. The maximum atomic E-state index is 5.20. The average molecular weight is 650 g/mol. The molecular formula is C48H31N3. The van der Waals surface area contributed by atoms with Crippen LogP contribution in [0.25, 0.3) is 61.4 Å². The van der Waals surface area contributed by atoms with Gasteiger partial charge in [0, 0.05) is 27.5 Å². The van der Waals surface area contributed by atoms with Crippen LogP contribution in [0, 0.1) is 0 Å². The van der Waals surface area contributed by atoms with E-state index in [2.05, 4.69) is 168 Å². The van der Waals surface area contributed by atoms with E-state index in [1.54, 1.807) is 0 Å². The molecule has 3 heteroatoms. The van der Waals surface area contributed by atoms with Crippen molar-refractivity contribution >= 4 is 21.8 Å². The molecule has 2 aliphatic rings. The first kappa shape index (κ1) is 28.3. The quantitative estimate of drug-likeness (QED) is 0.191. The summed E-state index contributed by atoms with van der Waals surface area (Å²) in [5, 5.41) is 2.57. The summed E-state index contributed by atoms with van der Waals surface area (Å²) in [7, 11) is 0. The molecule has 11 rings (SSSR count). The van der Waals surface area contributed by atoms with Crippen LogP contribution in [0.2, 0.25) is 0 Å². The van der Waals surface area contributed by atoms with Crippen LogP contribution < -0.4 is 0 Å². The van der Waals surface area contributed by atoms with Gasteiger partial charge < -0.3 is 4.57 Å². The van der Waals surface area contributed by atoms with Gasteiger partial charge in [-0.15, -0.1) is 0 Å². The summed E-state index contributed by atoms with van der Waals surface area (Å²) in [4.78, 5) is 10.4. The Kier molecular flexibility index (Phi) is 5.94. The van der Waals surface area contributed by atoms with Gasteiger partial charge in [0.2, 0.25) is 0 Å². The fourth-order valence-corrected chi connectivity index (χ4v) is 9.01. The molecule has 0 radical (unpaired) electrons. The van der Waals surface area contributed by atoms with Crippen LogP contribution in [0.4, 0.5) is 0 Å². The van der Waals surface area contributed by atoms with E-state index >= 15 is 0 Å². The standard InChI is InChI=1S/C48H31N3/c1-3-14-31(15-4-1)42-30-43(32-16-5-2-6-17-32)50-47(49-42)34-26-27-39-35(29-34)28-33-18-7-9-21-38(33)48(39)40-22-10-12-25-45(40)51-44-24-11-8-19-36(44)37-20-13-23-41(48)46(37)51/h1-27,29-30H,28H2. The third-order valence-corrected chi connectivity index (χ3v) is 11.1. The Morgan fingerprint density at radius 2 is 1.04 bits per heavy atom. The molecule has 0 N–H and O–H groups in total. The van der Waals surface area contributed by atoms with Crippen LogP contribution in [0.1, 0.15) is 33.4 Å². The smallest absolute Gasteiger partial charge is 0.160 e. The minimum absolute atomic E-state index is 0.495. The summed E-state index contributed by atoms with van der Waals surface area (Å²) in [6.07, 6.45) is 0.839. The lowest BCUT2D eigenvalue weighted by atomic mass is 9.58. The molecule has 1 aliphatic carbocycles. The summed E-state index contributed by atoms with van der Waals surface area (Å²) >= 11 is 0. The van der Waals surface area contributed by atoms with E-state index in [-0.39, 0.29) is 0 Å². The highest BCUT2D eigenvalue weighted by molar-refractivity contribution is 6.12. The van der Waals surface area contributed by atoms with Crippen molar-refractivity contribution < 1.29 is 0 Å². The largest absolute Gasteiger partial charge is 0.309 e. The molecule has 238 valence electrons. The number of fused-ring (bicyclic) bond motifs is 11. The molecular weight excluding hydrogens is 619 g/mol. The molecule has 0 saturated carbocycles. The Hall–Kier alpha value is -6.58. The lowest BCUT2D eigenvalue weighted by molar-refractivity contribution is 0.690. The predicted molar refractivity (Wildman–Crippen MR) is 207 cm³/mol. The van der Waals surface area contributed by atoms with Gasteiger partial charge in [0.25, 0.3) is 0 Å². The number of hydrogen-bond acceptors (Lipinski definition) is 2. The van der Waals surface area contributed by atoms with Crippen LogP contribution in [0.5, 0.6) is 0 Å². The van der Waals surface area contributed by atoms with Gasteiger partial charge in [-0.25, -0.2) is 9.97 Å². The van der Waals surface area contributed by atoms with Crippen molar-refractivity contribution in [2.75, 3.05) is 0 Å². The van der Waals surface area contributed by atoms with Crippen LogP contribution >= 0.6 is 0 Å². The number of nitrogens with zero attached hydrogens (tertiary/aromatic N) is 3. The van der Waals surface area contributed by atoms with Crippen molar-refractivity contribution in [1.29, 1.82) is 0 Å². The first-order valence-corrected chi connectivity index (χ1v) is 17.6. The molecule has 3 heterocycles. The van der Waals surface area contributed by atoms with Gasteiger partial charge in [-0.3, -0.25) is 0 Å². The number of rotatable bonds is 3. The Morgan fingerprint density at radius 3 is 1.82 bits per heavy atom. The Labute approximate surface area is 296 Å². The summed E-state index contributed by atoms with van der Waals surface area (Å²) in [6, 6.07) is 63.8. The molecule has 0 saturated heterocycles. The number of hydrogen-bond donors (Lipinski definition) is 0. The maximum Gasteiger partial charge on any atom is 0.160 e. The zero-order chi connectivity index (χ0) is 33.5. The van der Waals surface area contributed by atoms with Gasteiger partial charge in [-0.1, -0.05) is 152 Å². The third kappa shape index (κ3) is 3.94. The highest BCUT2D eigenvalue weighted by atomic mass is 15.0. The molecule has 0 fully saturated rings. The van der Waals surface area contributed by atoms with Gasteiger partial charge in [-0.2, -0.15) is 0 Å². The van der Waals surface area contributed by atoms with E-state index in [0.29, 0.717) is 0 Å². The van der Waals surface area contributed by atoms with Crippen molar-refractivity contribution in [2.45, 2.75) is 11.8 Å². The molecule has 0 amide bonds. The first-order chi connectivity index (χ1) is 25.3. The highest BCUT2D eigenvalue weighted by Crippen LogP contribution is 2.57. The van der Waals surface area contributed by atoms with E-state index in [0.717, 1.165) is 40.3 Å². The van der Waals surface area contributed by atoms with E-state index in [1.165, 1.54) is 60.9 Å². The predicted octanol–water partition coefficient (Wildman–Crippen LogP) is 11.2. The van der Waals surface area contributed by atoms with Crippen LogP contribution in [-0.2, 0) is 11.8 Å². The number of para-hydroxylation sites is 3. The molecule has 3 nitrogen and oxygen atoms in total. The fourth-order valence-electron chi connectivity index (χ4n) is 9.01. The van der Waals surface area contributed by atoms with E-state index in [4.69, 9.17) is 9.97 Å². The van der Waals surface area contributed by atoms with E-state index in [9.17, 15) is 0 Å². The van der Waals surface area contributed by atoms with E-state index in [1.807, 2.05) is 12.1 Å². The normalized spacial score (nSPS) is 15.5. The minimum atomic E-state index is -0.495. The zero-order valence-electron chi connectivity index (χ0n) is 27.8. The Morgan fingerprint density at radius 1 is 0.431 bits per heavy atom. The number of benzene rings is 7. The van der Waals surface area contributed by atoms with Gasteiger partial charge in [0.05, 0.1) is 33.5 Å². The lowest BCUT2D eigenvalue weighted by Crippen LogP contribution is -2.39. The number of aromatic nitrogens is 3. The molecule has 7 aromatic carbocycles. The molecule has 9 aromatic rings. The minimum Gasteiger partial charge on any atom is -0.309 e. The van der Waals surface area contributed by atoms with Crippen molar-refractivity contribution in [2.24, 2.45) is 0 Å².